The van der Waals surface area contributed by atoms with Gasteiger partial charge in [-0.2, -0.15) is 0 Å². The number of halogens is 1. The minimum absolute atomic E-state index is 0.00797. The topological polar surface area (TPSA) is 46.3 Å². The zero-order chi connectivity index (χ0) is 13.1. The van der Waals surface area contributed by atoms with Gasteiger partial charge in [0.2, 0.25) is 0 Å². The third-order valence-corrected chi connectivity index (χ3v) is 3.88. The monoisotopic (exact) mass is 266 g/mol. The van der Waals surface area contributed by atoms with Gasteiger partial charge in [-0.1, -0.05) is 31.0 Å². The van der Waals surface area contributed by atoms with Crippen LogP contribution in [0, 0.1) is 5.92 Å². The molecular weight excluding hydrogens is 248 g/mol. The van der Waals surface area contributed by atoms with E-state index in [1.165, 1.54) is 12.8 Å². The lowest BCUT2D eigenvalue weighted by molar-refractivity contribution is 0.0787. The van der Waals surface area contributed by atoms with Crippen LogP contribution in [0.15, 0.2) is 18.2 Å². The molecule has 1 aliphatic heterocycles. The van der Waals surface area contributed by atoms with Crippen molar-refractivity contribution < 1.29 is 4.79 Å². The van der Waals surface area contributed by atoms with Crippen molar-refractivity contribution in [1.82, 2.24) is 4.90 Å². The number of benzene rings is 1. The molecule has 2 rings (SSSR count). The van der Waals surface area contributed by atoms with E-state index in [2.05, 4.69) is 6.92 Å². The van der Waals surface area contributed by atoms with Gasteiger partial charge in [-0.25, -0.2) is 0 Å². The summed E-state index contributed by atoms with van der Waals surface area (Å²) < 4.78 is 0. The molecule has 0 saturated carbocycles. The Labute approximate surface area is 113 Å². The minimum Gasteiger partial charge on any atom is -0.397 e. The van der Waals surface area contributed by atoms with Crippen LogP contribution < -0.4 is 5.73 Å². The van der Waals surface area contributed by atoms with E-state index in [1.807, 2.05) is 4.90 Å². The van der Waals surface area contributed by atoms with E-state index in [0.717, 1.165) is 19.5 Å². The highest BCUT2D eigenvalue weighted by Gasteiger charge is 2.27. The van der Waals surface area contributed by atoms with Crippen LogP contribution >= 0.6 is 11.6 Å². The summed E-state index contributed by atoms with van der Waals surface area (Å²) in [6.45, 7) is 3.85. The van der Waals surface area contributed by atoms with Crippen molar-refractivity contribution >= 4 is 23.2 Å². The number of para-hydroxylation sites is 1. The van der Waals surface area contributed by atoms with E-state index in [1.54, 1.807) is 18.2 Å². The number of hydrogen-bond donors (Lipinski definition) is 1. The number of carbonyl (C=O) groups excluding carboxylic acids is 1. The molecule has 1 heterocycles. The van der Waals surface area contributed by atoms with Crippen molar-refractivity contribution in [3.05, 3.63) is 28.8 Å². The van der Waals surface area contributed by atoms with E-state index >= 15 is 0 Å². The molecule has 0 aliphatic carbocycles. The summed E-state index contributed by atoms with van der Waals surface area (Å²) in [6.07, 6.45) is 3.46. The number of nitrogens with zero attached hydrogens (tertiary/aromatic N) is 1. The van der Waals surface area contributed by atoms with E-state index in [4.69, 9.17) is 17.3 Å². The number of hydrogen-bond acceptors (Lipinski definition) is 2. The molecule has 3 nitrogen and oxygen atoms in total. The first kappa shape index (κ1) is 13.2. The summed E-state index contributed by atoms with van der Waals surface area (Å²) in [5, 5.41) is 0.449. The molecule has 4 heteroatoms. The molecule has 0 bridgehead atoms. The summed E-state index contributed by atoms with van der Waals surface area (Å²) in [5.41, 5.74) is 6.78. The Hall–Kier alpha value is -1.22. The van der Waals surface area contributed by atoms with Gasteiger partial charge in [0.1, 0.15) is 0 Å². The number of nitrogens with two attached hydrogens (primary N) is 1. The maximum atomic E-state index is 12.4. The van der Waals surface area contributed by atoms with E-state index in [9.17, 15) is 4.79 Å². The van der Waals surface area contributed by atoms with Gasteiger partial charge in [0, 0.05) is 13.1 Å². The summed E-state index contributed by atoms with van der Waals surface area (Å²) >= 11 is 5.95. The maximum Gasteiger partial charge on any atom is 0.256 e. The van der Waals surface area contributed by atoms with Crippen LogP contribution in [-0.4, -0.2) is 23.9 Å². The van der Waals surface area contributed by atoms with Crippen molar-refractivity contribution in [2.75, 3.05) is 18.8 Å². The number of rotatable bonds is 3. The highest BCUT2D eigenvalue weighted by molar-refractivity contribution is 6.33. The number of likely N-dealkylation sites (tertiary alicyclic amines) is 1. The summed E-state index contributed by atoms with van der Waals surface area (Å²) in [7, 11) is 0. The average molecular weight is 267 g/mol. The standard InChI is InChI=1S/C14H19ClN2O/c1-2-4-10-7-8-17(9-10)14(18)11-5-3-6-12(15)13(11)16/h3,5-6,10H,2,4,7-9,16H2,1H3. The molecule has 98 valence electrons. The fraction of sp³-hybridized carbons (Fsp3) is 0.500. The largest absolute Gasteiger partial charge is 0.397 e. The van der Waals surface area contributed by atoms with Gasteiger partial charge >= 0.3 is 0 Å². The van der Waals surface area contributed by atoms with Crippen LogP contribution in [0.3, 0.4) is 0 Å². The molecule has 1 aromatic rings. The third-order valence-electron chi connectivity index (χ3n) is 3.55. The second-order valence-corrected chi connectivity index (χ2v) is 5.30. The number of carbonyl (C=O) groups is 1. The lowest BCUT2D eigenvalue weighted by atomic mass is 10.0. The Morgan fingerprint density at radius 2 is 2.33 bits per heavy atom. The molecule has 0 radical (unpaired) electrons. The normalized spacial score (nSPS) is 19.2. The Balaban J connectivity index is 2.11. The molecule has 1 aliphatic rings. The predicted molar refractivity (Wildman–Crippen MR) is 74.8 cm³/mol. The van der Waals surface area contributed by atoms with Gasteiger partial charge in [-0.05, 0) is 30.9 Å². The average Bonchev–Trinajstić information content (AvgIpc) is 2.81. The lowest BCUT2D eigenvalue weighted by Crippen LogP contribution is -2.29. The van der Waals surface area contributed by atoms with E-state index in [-0.39, 0.29) is 5.91 Å². The van der Waals surface area contributed by atoms with E-state index < -0.39 is 0 Å². The molecule has 1 atom stereocenters. The maximum absolute atomic E-state index is 12.4. The van der Waals surface area contributed by atoms with Crippen LogP contribution in [0.2, 0.25) is 5.02 Å². The van der Waals surface area contributed by atoms with Crippen molar-refractivity contribution in [2.24, 2.45) is 5.92 Å². The quantitative estimate of drug-likeness (QED) is 0.854. The van der Waals surface area contributed by atoms with Crippen molar-refractivity contribution in [2.45, 2.75) is 26.2 Å². The highest BCUT2D eigenvalue weighted by atomic mass is 35.5. The third kappa shape index (κ3) is 2.61. The Bertz CT molecular complexity index is 447. The number of nitrogen functional groups attached to an aromatic ring is 1. The number of amides is 1. The van der Waals surface area contributed by atoms with Crippen LogP contribution in [0.25, 0.3) is 0 Å². The summed E-state index contributed by atoms with van der Waals surface area (Å²) in [4.78, 5) is 14.2. The summed E-state index contributed by atoms with van der Waals surface area (Å²) in [6, 6.07) is 5.22. The van der Waals surface area contributed by atoms with Crippen molar-refractivity contribution in [3.8, 4) is 0 Å². The minimum atomic E-state index is 0.00797. The second kappa shape index (κ2) is 5.61. The molecule has 18 heavy (non-hydrogen) atoms. The predicted octanol–water partition coefficient (Wildman–Crippen LogP) is 3.18. The molecule has 0 spiro atoms. The summed E-state index contributed by atoms with van der Waals surface area (Å²) in [5.74, 6) is 0.646. The first-order valence-corrected chi connectivity index (χ1v) is 6.84. The van der Waals surface area contributed by atoms with Crippen LogP contribution in [-0.2, 0) is 0 Å². The fourth-order valence-electron chi connectivity index (χ4n) is 2.55. The Morgan fingerprint density at radius 1 is 1.56 bits per heavy atom. The van der Waals surface area contributed by atoms with Crippen molar-refractivity contribution in [1.29, 1.82) is 0 Å². The lowest BCUT2D eigenvalue weighted by Gasteiger charge is -2.18. The zero-order valence-corrected chi connectivity index (χ0v) is 11.4. The molecule has 1 saturated heterocycles. The molecular formula is C14H19ClN2O. The molecule has 2 N–H and O–H groups in total. The molecule has 1 amide bonds. The molecule has 1 aromatic carbocycles. The SMILES string of the molecule is CCCC1CCN(C(=O)c2cccc(Cl)c2N)C1. The van der Waals surface area contributed by atoms with Crippen molar-refractivity contribution in [3.63, 3.8) is 0 Å². The van der Waals surface area contributed by atoms with Gasteiger partial charge in [0.25, 0.3) is 5.91 Å². The molecule has 0 aromatic heterocycles. The van der Waals surface area contributed by atoms with E-state index in [0.29, 0.717) is 22.2 Å². The van der Waals surface area contributed by atoms with Crippen LogP contribution in [0.4, 0.5) is 5.69 Å². The van der Waals surface area contributed by atoms with Gasteiger partial charge in [-0.3, -0.25) is 4.79 Å². The first-order chi connectivity index (χ1) is 8.63. The highest BCUT2D eigenvalue weighted by Crippen LogP contribution is 2.27. The van der Waals surface area contributed by atoms with Crippen LogP contribution in [0.1, 0.15) is 36.5 Å². The molecule has 1 unspecified atom stereocenters. The van der Waals surface area contributed by atoms with Gasteiger partial charge < -0.3 is 10.6 Å². The smallest absolute Gasteiger partial charge is 0.256 e. The van der Waals surface area contributed by atoms with Gasteiger partial charge in [0.15, 0.2) is 0 Å². The number of anilines is 1. The Morgan fingerprint density at radius 3 is 3.06 bits per heavy atom. The Kier molecular flexibility index (Phi) is 4.12. The second-order valence-electron chi connectivity index (χ2n) is 4.90. The zero-order valence-electron chi connectivity index (χ0n) is 10.7. The molecule has 1 fully saturated rings. The fourth-order valence-corrected chi connectivity index (χ4v) is 2.73. The van der Waals surface area contributed by atoms with Gasteiger partial charge in [0.05, 0.1) is 16.3 Å². The van der Waals surface area contributed by atoms with Gasteiger partial charge in [-0.15, -0.1) is 0 Å². The van der Waals surface area contributed by atoms with Crippen LogP contribution in [0.5, 0.6) is 0 Å². The first-order valence-electron chi connectivity index (χ1n) is 6.46.